The minimum Gasteiger partial charge on any atom is -0.323 e. The summed E-state index contributed by atoms with van der Waals surface area (Å²) >= 11 is 0. The van der Waals surface area contributed by atoms with E-state index >= 15 is 0 Å². The van der Waals surface area contributed by atoms with E-state index in [9.17, 15) is 9.18 Å². The van der Waals surface area contributed by atoms with E-state index in [0.717, 1.165) is 0 Å². The Kier molecular flexibility index (Phi) is 3.86. The Bertz CT molecular complexity index is 564. The minimum atomic E-state index is -0.346. The normalized spacial score (nSPS) is 10.5. The maximum atomic E-state index is 13.3. The number of benzene rings is 2. The fraction of sp³-hybridized carbons (Fsp3) is 0. The molecule has 0 bridgehead atoms. The average molecular weight is 241 g/mol. The van der Waals surface area contributed by atoms with Crippen LogP contribution in [0.15, 0.2) is 60.7 Å². The fourth-order valence-corrected chi connectivity index (χ4v) is 1.48. The summed E-state index contributed by atoms with van der Waals surface area (Å²) < 4.78 is 13.3. The Morgan fingerprint density at radius 3 is 2.39 bits per heavy atom. The van der Waals surface area contributed by atoms with Gasteiger partial charge in [0.2, 0.25) is 5.91 Å². The third kappa shape index (κ3) is 3.28. The van der Waals surface area contributed by atoms with Gasteiger partial charge in [-0.1, -0.05) is 36.4 Å². The van der Waals surface area contributed by atoms with Crippen LogP contribution in [0.4, 0.5) is 10.1 Å². The van der Waals surface area contributed by atoms with Gasteiger partial charge in [0.1, 0.15) is 5.82 Å². The standard InChI is InChI=1S/C15H12FNO/c16-14-9-5-4-6-12(14)10-11-15(18)17-13-7-2-1-3-8-13/h1-11H,(H,17,18)/b11-10-. The van der Waals surface area contributed by atoms with Crippen LogP contribution in [-0.4, -0.2) is 5.91 Å². The zero-order valence-electron chi connectivity index (χ0n) is 9.64. The molecule has 90 valence electrons. The largest absolute Gasteiger partial charge is 0.323 e. The van der Waals surface area contributed by atoms with Crippen LogP contribution in [0, 0.1) is 5.82 Å². The molecule has 1 N–H and O–H groups in total. The lowest BCUT2D eigenvalue weighted by atomic mass is 10.2. The van der Waals surface area contributed by atoms with E-state index in [2.05, 4.69) is 5.32 Å². The lowest BCUT2D eigenvalue weighted by Gasteiger charge is -2.00. The number of carbonyl (C=O) groups excluding carboxylic acids is 1. The van der Waals surface area contributed by atoms with Gasteiger partial charge in [-0.25, -0.2) is 4.39 Å². The Labute approximate surface area is 105 Å². The topological polar surface area (TPSA) is 29.1 Å². The van der Waals surface area contributed by atoms with Crippen molar-refractivity contribution in [2.24, 2.45) is 0 Å². The maximum Gasteiger partial charge on any atom is 0.248 e. The molecule has 0 aromatic heterocycles. The summed E-state index contributed by atoms with van der Waals surface area (Å²) in [5.41, 5.74) is 1.10. The molecule has 0 atom stereocenters. The van der Waals surface area contributed by atoms with Crippen LogP contribution in [0.25, 0.3) is 6.08 Å². The van der Waals surface area contributed by atoms with Crippen molar-refractivity contribution in [1.82, 2.24) is 0 Å². The molecule has 2 nitrogen and oxygen atoms in total. The van der Waals surface area contributed by atoms with Gasteiger partial charge in [0.05, 0.1) is 0 Å². The van der Waals surface area contributed by atoms with E-state index in [1.807, 2.05) is 18.2 Å². The predicted octanol–water partition coefficient (Wildman–Crippen LogP) is 3.48. The van der Waals surface area contributed by atoms with Crippen molar-refractivity contribution in [1.29, 1.82) is 0 Å². The van der Waals surface area contributed by atoms with Crippen LogP contribution in [0.1, 0.15) is 5.56 Å². The third-order valence-electron chi connectivity index (χ3n) is 2.36. The van der Waals surface area contributed by atoms with E-state index < -0.39 is 0 Å². The van der Waals surface area contributed by atoms with Crippen LogP contribution >= 0.6 is 0 Å². The first-order chi connectivity index (χ1) is 8.75. The second-order valence-electron chi connectivity index (χ2n) is 3.71. The zero-order chi connectivity index (χ0) is 12.8. The molecular formula is C15H12FNO. The smallest absolute Gasteiger partial charge is 0.248 e. The summed E-state index contributed by atoms with van der Waals surface area (Å²) in [7, 11) is 0. The molecule has 2 aromatic rings. The first-order valence-corrected chi connectivity index (χ1v) is 5.54. The molecule has 2 aromatic carbocycles. The lowest BCUT2D eigenvalue weighted by Crippen LogP contribution is -2.07. The van der Waals surface area contributed by atoms with E-state index in [-0.39, 0.29) is 11.7 Å². The SMILES string of the molecule is O=C(/C=C\c1ccccc1F)Nc1ccccc1. The minimum absolute atomic E-state index is 0.288. The molecule has 18 heavy (non-hydrogen) atoms. The zero-order valence-corrected chi connectivity index (χ0v) is 9.64. The monoisotopic (exact) mass is 241 g/mol. The number of hydrogen-bond donors (Lipinski definition) is 1. The predicted molar refractivity (Wildman–Crippen MR) is 70.5 cm³/mol. The van der Waals surface area contributed by atoms with Crippen LogP contribution in [0.5, 0.6) is 0 Å². The first-order valence-electron chi connectivity index (χ1n) is 5.54. The molecule has 0 fully saturated rings. The van der Waals surface area contributed by atoms with E-state index in [1.165, 1.54) is 18.2 Å². The van der Waals surface area contributed by atoms with E-state index in [0.29, 0.717) is 11.3 Å². The van der Waals surface area contributed by atoms with Gasteiger partial charge in [-0.2, -0.15) is 0 Å². The van der Waals surface area contributed by atoms with Gasteiger partial charge in [0, 0.05) is 17.3 Å². The summed E-state index contributed by atoms with van der Waals surface area (Å²) in [6, 6.07) is 15.4. The molecular weight excluding hydrogens is 229 g/mol. The second-order valence-corrected chi connectivity index (χ2v) is 3.71. The number of anilines is 1. The Hall–Kier alpha value is -2.42. The van der Waals surface area contributed by atoms with Gasteiger partial charge in [-0.3, -0.25) is 4.79 Å². The molecule has 0 radical (unpaired) electrons. The molecule has 0 saturated heterocycles. The molecule has 0 heterocycles. The molecule has 0 aliphatic carbocycles. The summed E-state index contributed by atoms with van der Waals surface area (Å²) in [5, 5.41) is 2.68. The van der Waals surface area contributed by atoms with Gasteiger partial charge >= 0.3 is 0 Å². The summed E-state index contributed by atoms with van der Waals surface area (Å²) in [6.45, 7) is 0. The van der Waals surface area contributed by atoms with Crippen LogP contribution in [-0.2, 0) is 4.79 Å². The van der Waals surface area contributed by atoms with Crippen molar-refractivity contribution in [3.8, 4) is 0 Å². The molecule has 0 unspecified atom stereocenters. The van der Waals surface area contributed by atoms with Gasteiger partial charge in [0.25, 0.3) is 0 Å². The molecule has 0 aliphatic heterocycles. The van der Waals surface area contributed by atoms with E-state index in [4.69, 9.17) is 0 Å². The number of amides is 1. The molecule has 0 spiro atoms. The summed E-state index contributed by atoms with van der Waals surface area (Å²) in [5.74, 6) is -0.634. The fourth-order valence-electron chi connectivity index (χ4n) is 1.48. The highest BCUT2D eigenvalue weighted by Gasteiger charge is 1.98. The molecule has 2 rings (SSSR count). The highest BCUT2D eigenvalue weighted by molar-refractivity contribution is 6.01. The van der Waals surface area contributed by atoms with E-state index in [1.54, 1.807) is 30.3 Å². The Balaban J connectivity index is 2.02. The van der Waals surface area contributed by atoms with Crippen molar-refractivity contribution in [3.05, 3.63) is 72.1 Å². The van der Waals surface area contributed by atoms with Crippen LogP contribution in [0.3, 0.4) is 0 Å². The Morgan fingerprint density at radius 1 is 1.00 bits per heavy atom. The third-order valence-corrected chi connectivity index (χ3v) is 2.36. The first kappa shape index (κ1) is 12.0. The highest BCUT2D eigenvalue weighted by atomic mass is 19.1. The second kappa shape index (κ2) is 5.77. The number of carbonyl (C=O) groups is 1. The molecule has 3 heteroatoms. The quantitative estimate of drug-likeness (QED) is 0.819. The summed E-state index contributed by atoms with van der Waals surface area (Å²) in [6.07, 6.45) is 2.76. The van der Waals surface area contributed by atoms with Gasteiger partial charge in [-0.15, -0.1) is 0 Å². The molecule has 0 aliphatic rings. The van der Waals surface area contributed by atoms with Crippen molar-refractivity contribution in [2.45, 2.75) is 0 Å². The maximum absolute atomic E-state index is 13.3. The number of para-hydroxylation sites is 1. The number of halogens is 1. The van der Waals surface area contributed by atoms with Crippen LogP contribution in [0.2, 0.25) is 0 Å². The van der Waals surface area contributed by atoms with Crippen molar-refractivity contribution < 1.29 is 9.18 Å². The van der Waals surface area contributed by atoms with Crippen LogP contribution < -0.4 is 5.32 Å². The number of nitrogens with one attached hydrogen (secondary N) is 1. The molecule has 0 saturated carbocycles. The highest BCUT2D eigenvalue weighted by Crippen LogP contribution is 2.09. The van der Waals surface area contributed by atoms with Crippen molar-refractivity contribution in [3.63, 3.8) is 0 Å². The number of rotatable bonds is 3. The average Bonchev–Trinajstić information content (AvgIpc) is 2.39. The lowest BCUT2D eigenvalue weighted by molar-refractivity contribution is -0.111. The van der Waals surface area contributed by atoms with Gasteiger partial charge < -0.3 is 5.32 Å². The summed E-state index contributed by atoms with van der Waals surface area (Å²) in [4.78, 5) is 11.6. The van der Waals surface area contributed by atoms with Crippen molar-refractivity contribution >= 4 is 17.7 Å². The molecule has 1 amide bonds. The van der Waals surface area contributed by atoms with Gasteiger partial charge in [-0.05, 0) is 24.3 Å². The van der Waals surface area contributed by atoms with Crippen molar-refractivity contribution in [2.75, 3.05) is 5.32 Å². The number of hydrogen-bond acceptors (Lipinski definition) is 1. The Morgan fingerprint density at radius 2 is 1.67 bits per heavy atom. The van der Waals surface area contributed by atoms with Gasteiger partial charge in [0.15, 0.2) is 0 Å².